The number of anilines is 1. The minimum Gasteiger partial charge on any atom is -0.351 e. The Morgan fingerprint density at radius 2 is 1.68 bits per heavy atom. The van der Waals surface area contributed by atoms with E-state index in [2.05, 4.69) is 15.5 Å². The fourth-order valence-corrected chi connectivity index (χ4v) is 4.47. The van der Waals surface area contributed by atoms with E-state index < -0.39 is 6.04 Å². The van der Waals surface area contributed by atoms with Gasteiger partial charge >= 0.3 is 0 Å². The molecule has 2 heterocycles. The van der Waals surface area contributed by atoms with Gasteiger partial charge in [-0.2, -0.15) is 4.98 Å². The van der Waals surface area contributed by atoms with E-state index in [9.17, 15) is 8.78 Å². The van der Waals surface area contributed by atoms with Gasteiger partial charge in [-0.05, 0) is 85.4 Å². The van der Waals surface area contributed by atoms with Crippen LogP contribution in [0.25, 0.3) is 17.0 Å². The first-order valence-corrected chi connectivity index (χ1v) is 11.1. The molecule has 0 aliphatic carbocycles. The van der Waals surface area contributed by atoms with Crippen LogP contribution in [0.4, 0.5) is 14.5 Å². The van der Waals surface area contributed by atoms with Crippen LogP contribution in [-0.4, -0.2) is 15.3 Å². The zero-order valence-corrected chi connectivity index (χ0v) is 19.4. The molecule has 0 radical (unpaired) electrons. The lowest BCUT2D eigenvalue weighted by Crippen LogP contribution is -2.46. The van der Waals surface area contributed by atoms with Crippen LogP contribution in [0.2, 0.25) is 5.02 Å². The zero-order chi connectivity index (χ0) is 23.8. The monoisotopic (exact) mass is 494 g/mol. The molecule has 1 aliphatic rings. The first-order chi connectivity index (χ1) is 16.4. The quantitative estimate of drug-likeness (QED) is 0.325. The SMILES string of the molecule is CC1=C(c2nc(-c3ccc(F)cc3)no2)C(c2cccc(Cl)c2)NC(=S)N1c1ccc(F)cc1. The predicted octanol–water partition coefficient (Wildman–Crippen LogP) is 6.54. The number of benzene rings is 3. The average molecular weight is 495 g/mol. The van der Waals surface area contributed by atoms with Gasteiger partial charge in [0.25, 0.3) is 5.89 Å². The predicted molar refractivity (Wildman–Crippen MR) is 131 cm³/mol. The Morgan fingerprint density at radius 1 is 1.00 bits per heavy atom. The van der Waals surface area contributed by atoms with Crippen LogP contribution in [0, 0.1) is 11.6 Å². The van der Waals surface area contributed by atoms with Crippen molar-refractivity contribution < 1.29 is 13.3 Å². The van der Waals surface area contributed by atoms with Gasteiger partial charge in [0.2, 0.25) is 5.82 Å². The molecule has 0 saturated carbocycles. The number of rotatable bonds is 4. The summed E-state index contributed by atoms with van der Waals surface area (Å²) in [7, 11) is 0. The summed E-state index contributed by atoms with van der Waals surface area (Å²) >= 11 is 11.9. The van der Waals surface area contributed by atoms with Crippen LogP contribution in [-0.2, 0) is 0 Å². The molecule has 0 spiro atoms. The average Bonchev–Trinajstić information content (AvgIpc) is 3.30. The molecule has 1 atom stereocenters. The maximum absolute atomic E-state index is 13.6. The maximum atomic E-state index is 13.6. The second kappa shape index (κ2) is 8.96. The lowest BCUT2D eigenvalue weighted by atomic mass is 9.94. The lowest BCUT2D eigenvalue weighted by molar-refractivity contribution is 0.404. The molecule has 1 unspecified atom stereocenters. The number of nitrogens with one attached hydrogen (secondary N) is 1. The van der Waals surface area contributed by atoms with Crippen molar-refractivity contribution in [1.82, 2.24) is 15.5 Å². The maximum Gasteiger partial charge on any atom is 0.258 e. The van der Waals surface area contributed by atoms with Crippen molar-refractivity contribution in [2.45, 2.75) is 13.0 Å². The van der Waals surface area contributed by atoms with Gasteiger partial charge < -0.3 is 9.84 Å². The van der Waals surface area contributed by atoms with E-state index in [1.807, 2.05) is 25.1 Å². The summed E-state index contributed by atoms with van der Waals surface area (Å²) in [4.78, 5) is 6.37. The number of halogens is 3. The van der Waals surface area contributed by atoms with Crippen LogP contribution in [0.3, 0.4) is 0 Å². The number of hydrogen-bond acceptors (Lipinski definition) is 4. The molecule has 5 rings (SSSR count). The highest BCUT2D eigenvalue weighted by Crippen LogP contribution is 2.39. The van der Waals surface area contributed by atoms with Crippen molar-refractivity contribution in [1.29, 1.82) is 0 Å². The largest absolute Gasteiger partial charge is 0.351 e. The molecule has 1 N–H and O–H groups in total. The summed E-state index contributed by atoms with van der Waals surface area (Å²) in [5.74, 6) is -0.114. The Balaban J connectivity index is 1.65. The van der Waals surface area contributed by atoms with E-state index in [4.69, 9.17) is 28.3 Å². The van der Waals surface area contributed by atoms with Crippen LogP contribution in [0.15, 0.2) is 83.0 Å². The Hall–Kier alpha value is -3.62. The summed E-state index contributed by atoms with van der Waals surface area (Å²) in [5, 5.41) is 8.43. The summed E-state index contributed by atoms with van der Waals surface area (Å²) in [5.41, 5.74) is 3.56. The molecule has 4 aromatic rings. The molecule has 170 valence electrons. The first kappa shape index (κ1) is 22.2. The Kier molecular flexibility index (Phi) is 5.85. The molecule has 0 amide bonds. The van der Waals surface area contributed by atoms with E-state index in [1.165, 1.54) is 24.3 Å². The van der Waals surface area contributed by atoms with Crippen LogP contribution >= 0.6 is 23.8 Å². The smallest absolute Gasteiger partial charge is 0.258 e. The van der Waals surface area contributed by atoms with Gasteiger partial charge in [-0.25, -0.2) is 8.78 Å². The highest BCUT2D eigenvalue weighted by Gasteiger charge is 2.35. The normalized spacial score (nSPS) is 16.1. The van der Waals surface area contributed by atoms with Gasteiger partial charge in [0.1, 0.15) is 11.6 Å². The highest BCUT2D eigenvalue weighted by atomic mass is 35.5. The number of nitrogens with zero attached hydrogens (tertiary/aromatic N) is 3. The van der Waals surface area contributed by atoms with Crippen molar-refractivity contribution in [3.63, 3.8) is 0 Å². The van der Waals surface area contributed by atoms with Gasteiger partial charge in [0.05, 0.1) is 11.6 Å². The van der Waals surface area contributed by atoms with E-state index in [0.29, 0.717) is 32.8 Å². The van der Waals surface area contributed by atoms with Gasteiger partial charge in [0.15, 0.2) is 5.11 Å². The van der Waals surface area contributed by atoms with Gasteiger partial charge in [-0.3, -0.25) is 4.90 Å². The second-order valence-corrected chi connectivity index (χ2v) is 8.50. The van der Waals surface area contributed by atoms with Crippen molar-refractivity contribution in [3.05, 3.63) is 107 Å². The molecule has 5 nitrogen and oxygen atoms in total. The molecule has 34 heavy (non-hydrogen) atoms. The number of hydrogen-bond donors (Lipinski definition) is 1. The highest BCUT2D eigenvalue weighted by molar-refractivity contribution is 7.80. The molecule has 9 heteroatoms. The Morgan fingerprint density at radius 3 is 2.35 bits per heavy atom. The standard InChI is InChI=1S/C25H17ClF2N4OS/c1-14-21(24-30-23(31-33-24)15-5-7-18(27)8-6-15)22(16-3-2-4-17(26)13-16)29-25(34)32(14)20-11-9-19(28)10-12-20/h2-13,22H,1H3,(H,29,34). The van der Waals surface area contributed by atoms with Crippen molar-refractivity contribution >= 4 is 40.2 Å². The van der Waals surface area contributed by atoms with Gasteiger partial charge in [0, 0.05) is 22.0 Å². The summed E-state index contributed by atoms with van der Waals surface area (Å²) in [6.07, 6.45) is 0. The number of aromatic nitrogens is 2. The summed E-state index contributed by atoms with van der Waals surface area (Å²) in [6, 6.07) is 18.8. The Bertz CT molecular complexity index is 1400. The van der Waals surface area contributed by atoms with E-state index in [-0.39, 0.29) is 17.5 Å². The number of thiocarbonyl (C=S) groups is 1. The first-order valence-electron chi connectivity index (χ1n) is 10.3. The van der Waals surface area contributed by atoms with E-state index in [0.717, 1.165) is 11.3 Å². The third-order valence-electron chi connectivity index (χ3n) is 5.51. The summed E-state index contributed by atoms with van der Waals surface area (Å²) in [6.45, 7) is 1.88. The van der Waals surface area contributed by atoms with Crippen LogP contribution in [0.5, 0.6) is 0 Å². The fourth-order valence-electron chi connectivity index (χ4n) is 3.91. The molecule has 0 fully saturated rings. The van der Waals surface area contributed by atoms with Crippen molar-refractivity contribution in [3.8, 4) is 11.4 Å². The molecule has 1 aromatic heterocycles. The summed E-state index contributed by atoms with van der Waals surface area (Å²) < 4.78 is 32.6. The van der Waals surface area contributed by atoms with Gasteiger partial charge in [-0.1, -0.05) is 28.9 Å². The zero-order valence-electron chi connectivity index (χ0n) is 17.8. The molecule has 0 saturated heterocycles. The molecule has 0 bridgehead atoms. The Labute approximate surface area is 204 Å². The molecule has 3 aromatic carbocycles. The van der Waals surface area contributed by atoms with Crippen LogP contribution < -0.4 is 10.2 Å². The fraction of sp³-hybridized carbons (Fsp3) is 0.0800. The second-order valence-electron chi connectivity index (χ2n) is 7.68. The molecular formula is C25H17ClF2N4OS. The third-order valence-corrected chi connectivity index (χ3v) is 6.05. The topological polar surface area (TPSA) is 54.2 Å². The third kappa shape index (κ3) is 4.18. The minimum absolute atomic E-state index is 0.268. The van der Waals surface area contributed by atoms with Crippen molar-refractivity contribution in [2.75, 3.05) is 4.90 Å². The van der Waals surface area contributed by atoms with Crippen LogP contribution in [0.1, 0.15) is 24.4 Å². The van der Waals surface area contributed by atoms with Gasteiger partial charge in [-0.15, -0.1) is 0 Å². The molecular weight excluding hydrogens is 478 g/mol. The van der Waals surface area contributed by atoms with E-state index in [1.54, 1.807) is 35.2 Å². The lowest BCUT2D eigenvalue weighted by Gasteiger charge is -2.37. The number of allylic oxidation sites excluding steroid dienone is 1. The minimum atomic E-state index is -0.426. The molecule has 1 aliphatic heterocycles. The van der Waals surface area contributed by atoms with Crippen molar-refractivity contribution in [2.24, 2.45) is 0 Å². The van der Waals surface area contributed by atoms with E-state index >= 15 is 0 Å².